The van der Waals surface area contributed by atoms with Gasteiger partial charge >= 0.3 is 0 Å². The number of hydrogen-bond donors (Lipinski definition) is 0. The van der Waals surface area contributed by atoms with Crippen molar-refractivity contribution in [2.75, 3.05) is 0 Å². The number of allylic oxidation sites excluding steroid dienone is 7. The van der Waals surface area contributed by atoms with Crippen molar-refractivity contribution in [3.63, 3.8) is 0 Å². The Morgan fingerprint density at radius 1 is 0.875 bits per heavy atom. The second kappa shape index (κ2) is 10.5. The molecule has 0 aliphatic carbocycles. The van der Waals surface area contributed by atoms with Gasteiger partial charge in [-0.15, -0.1) is 6.58 Å². The van der Waals surface area contributed by atoms with Crippen LogP contribution in [0.25, 0.3) is 0 Å². The second-order valence-corrected chi connectivity index (χ2v) is 3.93. The molecule has 0 aromatic heterocycles. The summed E-state index contributed by atoms with van der Waals surface area (Å²) in [6.07, 6.45) is 16.5. The predicted molar refractivity (Wildman–Crippen MR) is 75.6 cm³/mol. The Morgan fingerprint density at radius 2 is 1.44 bits per heavy atom. The zero-order valence-corrected chi connectivity index (χ0v) is 11.1. The third kappa shape index (κ3) is 7.28. The number of hydrogen-bond acceptors (Lipinski definition) is 0. The molecule has 0 aliphatic rings. The SMILES string of the molecule is C=CC/C(=C\C=C(/CC)C/C=C/CC)CC. The van der Waals surface area contributed by atoms with Crippen molar-refractivity contribution in [1.82, 2.24) is 0 Å². The average molecular weight is 218 g/mol. The maximum Gasteiger partial charge on any atom is -0.0136 e. The van der Waals surface area contributed by atoms with Crippen molar-refractivity contribution in [2.24, 2.45) is 0 Å². The van der Waals surface area contributed by atoms with E-state index < -0.39 is 0 Å². The molecule has 0 aromatic rings. The first-order valence-corrected chi connectivity index (χ1v) is 6.41. The molecule has 0 rings (SSSR count). The fourth-order valence-corrected chi connectivity index (χ4v) is 1.48. The van der Waals surface area contributed by atoms with Gasteiger partial charge in [0.25, 0.3) is 0 Å². The van der Waals surface area contributed by atoms with Gasteiger partial charge in [0.05, 0.1) is 0 Å². The summed E-state index contributed by atoms with van der Waals surface area (Å²) in [7, 11) is 0. The van der Waals surface area contributed by atoms with Crippen LogP contribution in [0.3, 0.4) is 0 Å². The molecule has 0 heteroatoms. The van der Waals surface area contributed by atoms with Crippen LogP contribution in [0.5, 0.6) is 0 Å². The lowest BCUT2D eigenvalue weighted by Gasteiger charge is -2.01. The predicted octanol–water partition coefficient (Wildman–Crippen LogP) is 5.59. The molecule has 16 heavy (non-hydrogen) atoms. The Kier molecular flexibility index (Phi) is 9.80. The molecule has 0 aliphatic heterocycles. The van der Waals surface area contributed by atoms with E-state index in [2.05, 4.69) is 51.7 Å². The topological polar surface area (TPSA) is 0 Å². The summed E-state index contributed by atoms with van der Waals surface area (Å²) in [6, 6.07) is 0. The molecule has 0 heterocycles. The third-order valence-electron chi connectivity index (χ3n) is 2.65. The maximum absolute atomic E-state index is 3.78. The molecule has 0 atom stereocenters. The molecule has 0 spiro atoms. The van der Waals surface area contributed by atoms with Gasteiger partial charge in [0.2, 0.25) is 0 Å². The zero-order chi connectivity index (χ0) is 12.2. The normalized spacial score (nSPS) is 13.4. The van der Waals surface area contributed by atoms with E-state index in [-0.39, 0.29) is 0 Å². The summed E-state index contributed by atoms with van der Waals surface area (Å²) in [5.74, 6) is 0. The molecule has 0 unspecified atom stereocenters. The maximum atomic E-state index is 3.78. The first-order valence-electron chi connectivity index (χ1n) is 6.41. The molecule has 0 radical (unpaired) electrons. The Hall–Kier alpha value is -1.04. The van der Waals surface area contributed by atoms with Gasteiger partial charge in [-0.1, -0.05) is 62.3 Å². The minimum absolute atomic E-state index is 1.01. The van der Waals surface area contributed by atoms with E-state index >= 15 is 0 Å². The fraction of sp³-hybridized carbons (Fsp3) is 0.500. The number of rotatable bonds is 8. The van der Waals surface area contributed by atoms with Crippen LogP contribution in [0.15, 0.2) is 48.1 Å². The minimum atomic E-state index is 1.01. The van der Waals surface area contributed by atoms with E-state index in [1.54, 1.807) is 0 Å². The van der Waals surface area contributed by atoms with Crippen LogP contribution in [0.1, 0.15) is 52.9 Å². The molecular weight excluding hydrogens is 192 g/mol. The van der Waals surface area contributed by atoms with Gasteiger partial charge in [-0.25, -0.2) is 0 Å². The summed E-state index contributed by atoms with van der Waals surface area (Å²) in [6.45, 7) is 10.4. The fourth-order valence-electron chi connectivity index (χ4n) is 1.48. The summed E-state index contributed by atoms with van der Waals surface area (Å²) in [4.78, 5) is 0. The molecule has 0 fully saturated rings. The summed E-state index contributed by atoms with van der Waals surface area (Å²) in [5, 5.41) is 0. The van der Waals surface area contributed by atoms with E-state index in [0.717, 1.165) is 32.1 Å². The van der Waals surface area contributed by atoms with Crippen LogP contribution in [0.4, 0.5) is 0 Å². The highest BCUT2D eigenvalue weighted by Crippen LogP contribution is 2.12. The quantitative estimate of drug-likeness (QED) is 0.368. The van der Waals surface area contributed by atoms with E-state index in [1.165, 1.54) is 11.1 Å². The van der Waals surface area contributed by atoms with E-state index in [0.29, 0.717) is 0 Å². The Balaban J connectivity index is 4.42. The molecule has 0 saturated carbocycles. The average Bonchev–Trinajstić information content (AvgIpc) is 2.31. The second-order valence-electron chi connectivity index (χ2n) is 3.93. The molecule has 0 bridgehead atoms. The summed E-state index contributed by atoms with van der Waals surface area (Å²) >= 11 is 0. The van der Waals surface area contributed by atoms with Gasteiger partial charge in [-0.05, 0) is 32.1 Å². The van der Waals surface area contributed by atoms with Crippen molar-refractivity contribution >= 4 is 0 Å². The smallest absolute Gasteiger partial charge is 0.0136 e. The third-order valence-corrected chi connectivity index (χ3v) is 2.65. The highest BCUT2D eigenvalue weighted by atomic mass is 14.0. The van der Waals surface area contributed by atoms with Crippen LogP contribution in [-0.2, 0) is 0 Å². The van der Waals surface area contributed by atoms with Crippen LogP contribution >= 0.6 is 0 Å². The van der Waals surface area contributed by atoms with Gasteiger partial charge in [0.1, 0.15) is 0 Å². The van der Waals surface area contributed by atoms with Crippen molar-refractivity contribution in [1.29, 1.82) is 0 Å². The van der Waals surface area contributed by atoms with E-state index in [9.17, 15) is 0 Å². The van der Waals surface area contributed by atoms with Crippen molar-refractivity contribution in [2.45, 2.75) is 52.9 Å². The molecule has 0 N–H and O–H groups in total. The van der Waals surface area contributed by atoms with Crippen LogP contribution < -0.4 is 0 Å². The van der Waals surface area contributed by atoms with Crippen LogP contribution in [0.2, 0.25) is 0 Å². The van der Waals surface area contributed by atoms with Crippen molar-refractivity contribution in [3.8, 4) is 0 Å². The van der Waals surface area contributed by atoms with Gasteiger partial charge < -0.3 is 0 Å². The molecule has 90 valence electrons. The van der Waals surface area contributed by atoms with Gasteiger partial charge in [-0.2, -0.15) is 0 Å². The molecule has 0 amide bonds. The Bertz CT molecular complexity index is 264. The molecule has 0 nitrogen and oxygen atoms in total. The first-order chi connectivity index (χ1) is 7.78. The van der Waals surface area contributed by atoms with Gasteiger partial charge in [0.15, 0.2) is 0 Å². The highest BCUT2D eigenvalue weighted by molar-refractivity contribution is 5.20. The summed E-state index contributed by atoms with van der Waals surface area (Å²) < 4.78 is 0. The lowest BCUT2D eigenvalue weighted by atomic mass is 10.1. The standard InChI is InChI=1S/C16H26/c1-5-9-10-12-16(8-4)14-13-15(7-3)11-6-2/h6,9-10,13-14H,2,5,7-8,11-12H2,1,3-4H3/b10-9+,15-13-,16-14+. The Labute approximate surface area is 101 Å². The monoisotopic (exact) mass is 218 g/mol. The highest BCUT2D eigenvalue weighted by Gasteiger charge is 1.92. The lowest BCUT2D eigenvalue weighted by Crippen LogP contribution is -1.81. The zero-order valence-electron chi connectivity index (χ0n) is 11.1. The Morgan fingerprint density at radius 3 is 1.88 bits per heavy atom. The minimum Gasteiger partial charge on any atom is -0.103 e. The summed E-state index contributed by atoms with van der Waals surface area (Å²) in [5.41, 5.74) is 2.96. The van der Waals surface area contributed by atoms with Crippen LogP contribution in [-0.4, -0.2) is 0 Å². The molecule has 0 aromatic carbocycles. The largest absolute Gasteiger partial charge is 0.103 e. The van der Waals surface area contributed by atoms with Crippen LogP contribution in [0, 0.1) is 0 Å². The first kappa shape index (κ1) is 15.0. The molecular formula is C16H26. The van der Waals surface area contributed by atoms with Gasteiger partial charge in [-0.3, -0.25) is 0 Å². The molecule has 0 saturated heterocycles. The van der Waals surface area contributed by atoms with E-state index in [1.807, 2.05) is 6.08 Å². The van der Waals surface area contributed by atoms with Crippen molar-refractivity contribution < 1.29 is 0 Å². The lowest BCUT2D eigenvalue weighted by molar-refractivity contribution is 1.01. The van der Waals surface area contributed by atoms with Crippen molar-refractivity contribution in [3.05, 3.63) is 48.1 Å². The van der Waals surface area contributed by atoms with Gasteiger partial charge in [0, 0.05) is 0 Å². The van der Waals surface area contributed by atoms with E-state index in [4.69, 9.17) is 0 Å².